The second-order valence-corrected chi connectivity index (χ2v) is 7.39. The average molecular weight is 384 g/mol. The quantitative estimate of drug-likeness (QED) is 0.593. The van der Waals surface area contributed by atoms with Crippen LogP contribution in [-0.2, 0) is 17.0 Å². The number of halogens is 2. The molecule has 1 saturated carbocycles. The van der Waals surface area contributed by atoms with Gasteiger partial charge in [-0.3, -0.25) is 9.59 Å². The first-order chi connectivity index (χ1) is 11.5. The van der Waals surface area contributed by atoms with Crippen molar-refractivity contribution < 1.29 is 4.79 Å². The molecule has 0 aliphatic heterocycles. The SMILES string of the molecule is O=C(Cc1cc(=O)[nH]c(SCc2ccc(Cl)cc2Cl)n1)NC1CC1. The van der Waals surface area contributed by atoms with Crippen molar-refractivity contribution in [3.05, 3.63) is 55.9 Å². The maximum absolute atomic E-state index is 11.8. The molecule has 1 aliphatic rings. The third-order valence-electron chi connectivity index (χ3n) is 3.44. The minimum absolute atomic E-state index is 0.104. The Hall–Kier alpha value is -1.50. The Morgan fingerprint density at radius 3 is 2.83 bits per heavy atom. The van der Waals surface area contributed by atoms with E-state index >= 15 is 0 Å². The summed E-state index contributed by atoms with van der Waals surface area (Å²) in [4.78, 5) is 30.6. The highest BCUT2D eigenvalue weighted by Gasteiger charge is 2.23. The highest BCUT2D eigenvalue weighted by Crippen LogP contribution is 2.26. The molecule has 1 aromatic carbocycles. The van der Waals surface area contributed by atoms with Crippen LogP contribution in [0.4, 0.5) is 0 Å². The van der Waals surface area contributed by atoms with E-state index in [0.717, 1.165) is 18.4 Å². The molecule has 5 nitrogen and oxygen atoms in total. The minimum Gasteiger partial charge on any atom is -0.353 e. The number of aromatic nitrogens is 2. The van der Waals surface area contributed by atoms with Gasteiger partial charge in [-0.2, -0.15) is 0 Å². The van der Waals surface area contributed by atoms with E-state index in [1.54, 1.807) is 12.1 Å². The number of carbonyl (C=O) groups excluding carboxylic acids is 1. The molecule has 126 valence electrons. The van der Waals surface area contributed by atoms with Gasteiger partial charge in [-0.25, -0.2) is 4.98 Å². The number of amides is 1. The van der Waals surface area contributed by atoms with E-state index in [4.69, 9.17) is 23.2 Å². The van der Waals surface area contributed by atoms with Gasteiger partial charge in [0.05, 0.1) is 12.1 Å². The van der Waals surface area contributed by atoms with E-state index in [0.29, 0.717) is 32.7 Å². The van der Waals surface area contributed by atoms with Crippen LogP contribution in [0.25, 0.3) is 0 Å². The molecule has 1 aliphatic carbocycles. The van der Waals surface area contributed by atoms with Gasteiger partial charge in [0.2, 0.25) is 5.91 Å². The lowest BCUT2D eigenvalue weighted by Crippen LogP contribution is -2.28. The van der Waals surface area contributed by atoms with Crippen molar-refractivity contribution in [3.63, 3.8) is 0 Å². The first kappa shape index (κ1) is 17.3. The fourth-order valence-electron chi connectivity index (χ4n) is 2.10. The summed E-state index contributed by atoms with van der Waals surface area (Å²) in [5.74, 6) is 0.434. The number of nitrogens with zero attached hydrogens (tertiary/aromatic N) is 1. The van der Waals surface area contributed by atoms with Crippen LogP contribution in [0, 0.1) is 0 Å². The van der Waals surface area contributed by atoms with E-state index in [2.05, 4.69) is 15.3 Å². The summed E-state index contributed by atoms with van der Waals surface area (Å²) < 4.78 is 0. The number of nitrogens with one attached hydrogen (secondary N) is 2. The van der Waals surface area contributed by atoms with Gasteiger partial charge in [0.15, 0.2) is 5.16 Å². The summed E-state index contributed by atoms with van der Waals surface area (Å²) in [5.41, 5.74) is 1.08. The zero-order valence-corrected chi connectivity index (χ0v) is 15.0. The van der Waals surface area contributed by atoms with Crippen molar-refractivity contribution in [2.24, 2.45) is 0 Å². The lowest BCUT2D eigenvalue weighted by molar-refractivity contribution is -0.120. The average Bonchev–Trinajstić information content (AvgIpc) is 3.29. The number of benzene rings is 1. The number of thioether (sulfide) groups is 1. The van der Waals surface area contributed by atoms with Crippen LogP contribution in [0.2, 0.25) is 10.0 Å². The molecule has 2 N–H and O–H groups in total. The van der Waals surface area contributed by atoms with Crippen molar-refractivity contribution in [1.29, 1.82) is 0 Å². The van der Waals surface area contributed by atoms with Crippen LogP contribution in [0.5, 0.6) is 0 Å². The summed E-state index contributed by atoms with van der Waals surface area (Å²) in [6.45, 7) is 0. The maximum Gasteiger partial charge on any atom is 0.251 e. The Morgan fingerprint density at radius 1 is 1.33 bits per heavy atom. The van der Waals surface area contributed by atoms with Crippen LogP contribution >= 0.6 is 35.0 Å². The summed E-state index contributed by atoms with van der Waals surface area (Å²) in [7, 11) is 0. The normalized spacial score (nSPS) is 13.8. The second-order valence-electron chi connectivity index (χ2n) is 5.58. The van der Waals surface area contributed by atoms with Crippen LogP contribution < -0.4 is 10.9 Å². The number of aromatic amines is 1. The van der Waals surface area contributed by atoms with E-state index in [1.807, 2.05) is 6.07 Å². The van der Waals surface area contributed by atoms with Gasteiger partial charge in [-0.1, -0.05) is 41.0 Å². The third-order valence-corrected chi connectivity index (χ3v) is 4.95. The van der Waals surface area contributed by atoms with E-state index in [1.165, 1.54) is 17.8 Å². The smallest absolute Gasteiger partial charge is 0.251 e. The summed E-state index contributed by atoms with van der Waals surface area (Å²) >= 11 is 13.4. The highest BCUT2D eigenvalue weighted by molar-refractivity contribution is 7.98. The van der Waals surface area contributed by atoms with Gasteiger partial charge in [0.25, 0.3) is 5.56 Å². The monoisotopic (exact) mass is 383 g/mol. The van der Waals surface area contributed by atoms with Gasteiger partial charge >= 0.3 is 0 Å². The zero-order chi connectivity index (χ0) is 17.1. The number of H-pyrrole nitrogens is 1. The van der Waals surface area contributed by atoms with Crippen LogP contribution in [0.3, 0.4) is 0 Å². The fraction of sp³-hybridized carbons (Fsp3) is 0.312. The molecule has 2 aromatic rings. The van der Waals surface area contributed by atoms with Crippen molar-refractivity contribution in [2.75, 3.05) is 0 Å². The predicted octanol–water partition coefficient (Wildman–Crippen LogP) is 3.19. The second kappa shape index (κ2) is 7.59. The van der Waals surface area contributed by atoms with Gasteiger partial charge < -0.3 is 10.3 Å². The summed E-state index contributed by atoms with van der Waals surface area (Å²) in [6.07, 6.45) is 2.16. The van der Waals surface area contributed by atoms with Gasteiger partial charge in [0, 0.05) is 27.9 Å². The molecule has 0 saturated heterocycles. The van der Waals surface area contributed by atoms with Crippen molar-refractivity contribution in [1.82, 2.24) is 15.3 Å². The van der Waals surface area contributed by atoms with Crippen LogP contribution in [0.1, 0.15) is 24.1 Å². The Kier molecular flexibility index (Phi) is 5.48. The van der Waals surface area contributed by atoms with Crippen LogP contribution in [0.15, 0.2) is 34.2 Å². The summed E-state index contributed by atoms with van der Waals surface area (Å²) in [6, 6.07) is 6.92. The highest BCUT2D eigenvalue weighted by atomic mass is 35.5. The topological polar surface area (TPSA) is 74.8 Å². The first-order valence-corrected chi connectivity index (χ1v) is 9.20. The number of hydrogen-bond donors (Lipinski definition) is 2. The first-order valence-electron chi connectivity index (χ1n) is 7.46. The largest absolute Gasteiger partial charge is 0.353 e. The fourth-order valence-corrected chi connectivity index (χ4v) is 3.55. The molecular weight excluding hydrogens is 369 g/mol. The van der Waals surface area contributed by atoms with Crippen molar-refractivity contribution in [3.8, 4) is 0 Å². The third kappa shape index (κ3) is 5.00. The Labute approximate surface area is 153 Å². The molecule has 1 aromatic heterocycles. The molecule has 1 amide bonds. The molecule has 1 heterocycles. The molecule has 3 rings (SSSR count). The maximum atomic E-state index is 11.8. The molecular formula is C16H15Cl2N3O2S. The standard InChI is InChI=1S/C16H15Cl2N3O2S/c17-10-2-1-9(13(18)5-10)8-24-16-20-12(7-15(23)21-16)6-14(22)19-11-3-4-11/h1-2,5,7,11H,3-4,6,8H2,(H,19,22)(H,20,21,23). The molecule has 0 atom stereocenters. The van der Waals surface area contributed by atoms with Crippen molar-refractivity contribution >= 4 is 40.9 Å². The van der Waals surface area contributed by atoms with Gasteiger partial charge in [-0.15, -0.1) is 0 Å². The number of hydrogen-bond acceptors (Lipinski definition) is 4. The van der Waals surface area contributed by atoms with Crippen molar-refractivity contribution in [2.45, 2.75) is 36.2 Å². The van der Waals surface area contributed by atoms with Gasteiger partial charge in [-0.05, 0) is 30.5 Å². The Morgan fingerprint density at radius 2 is 2.12 bits per heavy atom. The minimum atomic E-state index is -0.274. The molecule has 24 heavy (non-hydrogen) atoms. The van der Waals surface area contributed by atoms with E-state index in [-0.39, 0.29) is 17.9 Å². The van der Waals surface area contributed by atoms with E-state index < -0.39 is 0 Å². The lowest BCUT2D eigenvalue weighted by atomic mass is 10.2. The predicted molar refractivity (Wildman–Crippen MR) is 95.7 cm³/mol. The molecule has 1 fully saturated rings. The molecule has 0 spiro atoms. The number of rotatable bonds is 6. The zero-order valence-electron chi connectivity index (χ0n) is 12.6. The molecule has 0 unspecified atom stereocenters. The summed E-state index contributed by atoms with van der Waals surface area (Å²) in [5, 5.41) is 4.48. The van der Waals surface area contributed by atoms with Crippen LogP contribution in [-0.4, -0.2) is 21.9 Å². The van der Waals surface area contributed by atoms with Gasteiger partial charge in [0.1, 0.15) is 0 Å². The molecule has 0 radical (unpaired) electrons. The van der Waals surface area contributed by atoms with E-state index in [9.17, 15) is 9.59 Å². The Bertz CT molecular complexity index is 821. The Balaban J connectivity index is 1.66. The molecule has 8 heteroatoms. The number of carbonyl (C=O) groups is 1. The lowest BCUT2D eigenvalue weighted by Gasteiger charge is -2.06. The molecule has 0 bridgehead atoms.